The molecule has 0 unspecified atom stereocenters. The SMILES string of the molecule is BrBr.N#Cc1nc2c(Br)c3ccccc3c(Br)c2nc1C#N.Nc1c(N)c(Br)c2ccccc2c1Br.Nc1cc2ccccc2cc1N.OB(O)c1ccc(N(c2ccccc2)c2ccccc2)cc1.[C-]#[N+]/C(N)=C(/N)C#N.[C-]#[N+]c1nc2c(-c3ccc(N(c4ccccc4)c4ccccc4)cc3)c3ccccc3c(-c3ccc(N(c4ccccc4)c4ccccc4)cc3)c2nc1C#N. The molecule has 0 aliphatic rings. The van der Waals surface area contributed by atoms with Gasteiger partial charge in [0.1, 0.15) is 46.5 Å². The molecule has 0 saturated heterocycles. The number of aromatic nitrogens is 4. The van der Waals surface area contributed by atoms with Gasteiger partial charge in [0.15, 0.2) is 22.6 Å². The van der Waals surface area contributed by atoms with Gasteiger partial charge in [-0.15, -0.1) is 4.98 Å². The zero-order valence-corrected chi connectivity index (χ0v) is 80.2. The second-order valence-corrected chi connectivity index (χ2v) is 32.2. The van der Waals surface area contributed by atoms with Crippen LogP contribution in [0.4, 0.5) is 79.8 Å². The minimum Gasteiger partial charge on any atom is -0.423 e. The summed E-state index contributed by atoms with van der Waals surface area (Å²) in [6, 6.07) is 129. The lowest BCUT2D eigenvalue weighted by Crippen LogP contribution is -2.29. The fourth-order valence-corrected chi connectivity index (χ4v) is 17.0. The molecule has 0 aliphatic heterocycles. The molecule has 2 aromatic heterocycles. The lowest BCUT2D eigenvalue weighted by molar-refractivity contribution is 0.426. The number of nitriles is 4. The summed E-state index contributed by atoms with van der Waals surface area (Å²) in [7, 11) is -1.45. The van der Waals surface area contributed by atoms with Crippen molar-refractivity contribution in [3.05, 3.63) is 433 Å². The van der Waals surface area contributed by atoms with Crippen LogP contribution in [0.25, 0.3) is 97.1 Å². The van der Waals surface area contributed by atoms with E-state index in [2.05, 4.69) is 242 Å². The van der Waals surface area contributed by atoms with Crippen molar-refractivity contribution in [3.63, 3.8) is 0 Å². The molecular formula is C106H74BBr6N19O2. The van der Waals surface area contributed by atoms with E-state index in [1.54, 1.807) is 12.1 Å². The van der Waals surface area contributed by atoms with Crippen LogP contribution in [0.5, 0.6) is 0 Å². The number of rotatable bonds is 12. The highest BCUT2D eigenvalue weighted by Crippen LogP contribution is 2.47. The predicted octanol–water partition coefficient (Wildman–Crippen LogP) is 27.1. The van der Waals surface area contributed by atoms with Crippen molar-refractivity contribution in [3.8, 4) is 46.5 Å². The third-order valence-corrected chi connectivity index (χ3v) is 24.3. The summed E-state index contributed by atoms with van der Waals surface area (Å²) >= 11 is 19.4. The average Bonchev–Trinajstić information content (AvgIpc) is 0.731. The Labute approximate surface area is 822 Å². The molecule has 134 heavy (non-hydrogen) atoms. The van der Waals surface area contributed by atoms with E-state index in [0.717, 1.165) is 134 Å². The van der Waals surface area contributed by atoms with Crippen LogP contribution < -0.4 is 54.6 Å². The molecule has 650 valence electrons. The van der Waals surface area contributed by atoms with Crippen LogP contribution in [0, 0.1) is 58.5 Å². The van der Waals surface area contributed by atoms with Crippen molar-refractivity contribution >= 4 is 249 Å². The fraction of sp³-hybridized carbons (Fsp3) is 0. The molecule has 0 spiro atoms. The van der Waals surface area contributed by atoms with Gasteiger partial charge in [-0.05, 0) is 245 Å². The molecule has 0 fully saturated rings. The van der Waals surface area contributed by atoms with Gasteiger partial charge in [0, 0.05) is 90.6 Å². The molecule has 14 N–H and O–H groups in total. The number of halogens is 6. The number of nitrogen functional groups attached to an aromatic ring is 4. The van der Waals surface area contributed by atoms with E-state index >= 15 is 0 Å². The van der Waals surface area contributed by atoms with Crippen LogP contribution >= 0.6 is 92.0 Å². The Bertz CT molecular complexity index is 7260. The Morgan fingerprint density at radius 3 is 0.866 bits per heavy atom. The highest BCUT2D eigenvalue weighted by Gasteiger charge is 2.26. The van der Waals surface area contributed by atoms with Crippen molar-refractivity contribution in [1.29, 1.82) is 21.0 Å². The molecule has 17 aromatic carbocycles. The van der Waals surface area contributed by atoms with Gasteiger partial charge in [-0.25, -0.2) is 15.0 Å². The maximum atomic E-state index is 10.1. The van der Waals surface area contributed by atoms with Crippen molar-refractivity contribution in [2.45, 2.75) is 0 Å². The van der Waals surface area contributed by atoms with Gasteiger partial charge in [0.05, 0.1) is 40.6 Å². The van der Waals surface area contributed by atoms with Gasteiger partial charge >= 0.3 is 12.9 Å². The first-order chi connectivity index (χ1) is 65.2. The van der Waals surface area contributed by atoms with E-state index in [1.165, 1.54) is 6.07 Å². The minimum atomic E-state index is -1.45. The Morgan fingerprint density at radius 1 is 0.328 bits per heavy atom. The minimum absolute atomic E-state index is 0.00245. The summed E-state index contributed by atoms with van der Waals surface area (Å²) in [6.45, 7) is 14.2. The number of hydrogen-bond acceptors (Lipinski definition) is 19. The van der Waals surface area contributed by atoms with Crippen LogP contribution in [0.15, 0.2) is 393 Å². The largest absolute Gasteiger partial charge is 0.488 e. The van der Waals surface area contributed by atoms with Gasteiger partial charge in [0.2, 0.25) is 0 Å². The second-order valence-electron chi connectivity index (χ2n) is 29.1. The number of para-hydroxylation sites is 6. The van der Waals surface area contributed by atoms with Gasteiger partial charge in [-0.3, -0.25) is 0 Å². The highest BCUT2D eigenvalue weighted by atomic mass is 80.9. The summed E-state index contributed by atoms with van der Waals surface area (Å²) in [5, 5.41) is 62.9. The number of hydrogen-bond donors (Lipinski definition) is 8. The summed E-state index contributed by atoms with van der Waals surface area (Å²) in [5.41, 5.74) is 50.6. The van der Waals surface area contributed by atoms with Crippen molar-refractivity contribution < 1.29 is 10.0 Å². The van der Waals surface area contributed by atoms with Gasteiger partial charge in [-0.2, -0.15) is 21.0 Å². The van der Waals surface area contributed by atoms with Crippen molar-refractivity contribution in [2.75, 3.05) is 37.6 Å². The predicted molar refractivity (Wildman–Crippen MR) is 567 cm³/mol. The number of anilines is 13. The van der Waals surface area contributed by atoms with Crippen LogP contribution in [-0.2, 0) is 0 Å². The molecule has 21 nitrogen and oxygen atoms in total. The molecule has 0 atom stereocenters. The molecule has 19 aromatic rings. The molecule has 2 heterocycles. The van der Waals surface area contributed by atoms with Crippen LogP contribution in [0.2, 0.25) is 0 Å². The van der Waals surface area contributed by atoms with E-state index in [4.69, 9.17) is 73.3 Å². The maximum absolute atomic E-state index is 10.1. The number of benzene rings is 17. The molecular weight excluding hydrogens is 2060 g/mol. The number of nitrogens with two attached hydrogens (primary N) is 6. The molecule has 0 bridgehead atoms. The quantitative estimate of drug-likeness (QED) is 0.0185. The zero-order valence-electron chi connectivity index (χ0n) is 70.7. The zero-order chi connectivity index (χ0) is 94.9. The van der Waals surface area contributed by atoms with Crippen molar-refractivity contribution in [2.24, 2.45) is 11.5 Å². The Balaban J connectivity index is 0.000000159. The number of nitrogens with zero attached hydrogens (tertiary/aromatic N) is 13. The van der Waals surface area contributed by atoms with E-state index in [0.29, 0.717) is 50.3 Å². The monoisotopic (exact) mass is 2130 g/mol. The highest BCUT2D eigenvalue weighted by molar-refractivity contribution is 9.93. The smallest absolute Gasteiger partial charge is 0.423 e. The van der Waals surface area contributed by atoms with Crippen LogP contribution in [0.3, 0.4) is 0 Å². The first-order valence-electron chi connectivity index (χ1n) is 40.7. The maximum Gasteiger partial charge on any atom is 0.488 e. The topological polar surface area (TPSA) is 362 Å². The number of fused-ring (bicyclic) bond motifs is 6. The van der Waals surface area contributed by atoms with E-state index < -0.39 is 7.12 Å². The Kier molecular flexibility index (Phi) is 32.6. The molecule has 0 radical (unpaired) electrons. The first kappa shape index (κ1) is 95.8. The molecule has 0 saturated carbocycles. The lowest BCUT2D eigenvalue weighted by atomic mass is 9.80. The van der Waals surface area contributed by atoms with E-state index in [1.807, 2.05) is 255 Å². The third-order valence-electron chi connectivity index (χ3n) is 20.9. The fourth-order valence-electron chi connectivity index (χ4n) is 14.6. The van der Waals surface area contributed by atoms with Crippen LogP contribution in [0.1, 0.15) is 17.1 Å². The van der Waals surface area contributed by atoms with E-state index in [9.17, 15) is 15.3 Å². The average molecular weight is 2140 g/mol. The summed E-state index contributed by atoms with van der Waals surface area (Å²) in [4.78, 5) is 31.2. The lowest BCUT2D eigenvalue weighted by Gasteiger charge is -2.26. The van der Waals surface area contributed by atoms with E-state index in [-0.39, 0.29) is 34.4 Å². The molecule has 0 aliphatic carbocycles. The van der Waals surface area contributed by atoms with Crippen molar-refractivity contribution in [1.82, 2.24) is 19.9 Å². The third kappa shape index (κ3) is 21.8. The molecule has 0 amide bonds. The Morgan fingerprint density at radius 2 is 0.590 bits per heavy atom. The second kappa shape index (κ2) is 45.6. The van der Waals surface area contributed by atoms with Gasteiger partial charge in [-0.1, -0.05) is 256 Å². The summed E-state index contributed by atoms with van der Waals surface area (Å²) in [5.74, 6) is -0.261. The number of allylic oxidation sites excluding steroid dienone is 1. The normalized spacial score (nSPS) is 10.5. The summed E-state index contributed by atoms with van der Waals surface area (Å²) in [6.07, 6.45) is 0. The molecule has 28 heteroatoms. The molecule has 19 rings (SSSR count). The van der Waals surface area contributed by atoms with Gasteiger partial charge < -0.3 is 68.8 Å². The van der Waals surface area contributed by atoms with Gasteiger partial charge in [0.25, 0.3) is 5.82 Å². The standard InChI is InChI=1S/C50H32N6.C18H16BNO2.C14H4Br2N4.C10H8Br2N2.C10H10N2.C4H4N4.Br2/c1-52-50-45(34-51)53-48-46(35-26-30-41(31-27-35)55(37-16-6-2-7-17-37)38-18-8-3-9-19-38)43-24-14-15-25-44(43)47(49(48)54-50)36-28-32-42(33-29-36)56(39-20-10-4-11-21-39)40-22-12-5-13-23-40;21-19(22)15-11-13-18(14-12-15)20(16-7-3-1-4-8-16)17-9-5-2-6-10-17;15-11-7-3-1-2-4-8(7)12(16)14-13(11)19-9(5-17)10(6-18)20-14;11-7-5-3-1-2-4-6(5)8(12)10(14)9(7)13;11-9-5-7-3-1-2-4-8(7)6-10(9)12;1-8-4(7)3(6)2-5;1-2/h2-33H;1-14,21-22H;1-4H;1-4H,13-14H2;1-6H,11-12H2;6-7H2;/b;;;;;4-3+;. The van der Waals surface area contributed by atoms with Crippen LogP contribution in [-0.4, -0.2) is 37.1 Å². The first-order valence-corrected chi connectivity index (χ1v) is 47.6. The Hall–Kier alpha value is -15.8. The summed E-state index contributed by atoms with van der Waals surface area (Å²) < 4.78 is 3.24.